The summed E-state index contributed by atoms with van der Waals surface area (Å²) in [6.07, 6.45) is 4.39. The predicted molar refractivity (Wildman–Crippen MR) is 76.6 cm³/mol. The van der Waals surface area contributed by atoms with E-state index in [1.807, 2.05) is 37.3 Å². The molecule has 0 atom stereocenters. The van der Waals surface area contributed by atoms with Crippen molar-refractivity contribution < 1.29 is 4.79 Å². The Kier molecular flexibility index (Phi) is 4.50. The number of aromatic nitrogens is 1. The maximum Gasteiger partial charge on any atom is 0.251 e. The van der Waals surface area contributed by atoms with Crippen LogP contribution in [-0.4, -0.2) is 17.4 Å². The lowest BCUT2D eigenvalue weighted by atomic mass is 10.2. The molecule has 0 radical (unpaired) electrons. The average molecular weight is 255 g/mol. The Bertz CT molecular complexity index is 540. The Morgan fingerprint density at radius 2 is 2.05 bits per heavy atom. The van der Waals surface area contributed by atoms with Gasteiger partial charge in [-0.3, -0.25) is 9.78 Å². The van der Waals surface area contributed by atoms with Gasteiger partial charge in [-0.1, -0.05) is 13.0 Å². The molecule has 98 valence electrons. The molecule has 0 unspecified atom stereocenters. The molecule has 0 saturated heterocycles. The monoisotopic (exact) mass is 255 g/mol. The van der Waals surface area contributed by atoms with Crippen molar-refractivity contribution >= 4 is 17.3 Å². The van der Waals surface area contributed by atoms with Crippen molar-refractivity contribution in [3.8, 4) is 0 Å². The zero-order chi connectivity index (χ0) is 13.5. The van der Waals surface area contributed by atoms with Crippen molar-refractivity contribution in [1.29, 1.82) is 0 Å². The van der Waals surface area contributed by atoms with Crippen LogP contribution in [0, 0.1) is 0 Å². The second-order valence-corrected chi connectivity index (χ2v) is 4.20. The number of carbonyl (C=O) groups excluding carboxylic acids is 1. The molecule has 2 N–H and O–H groups in total. The fourth-order valence-electron chi connectivity index (χ4n) is 1.68. The zero-order valence-corrected chi connectivity index (χ0v) is 10.9. The predicted octanol–water partition coefficient (Wildman–Crippen LogP) is 2.97. The first kappa shape index (κ1) is 13.1. The Labute approximate surface area is 112 Å². The summed E-state index contributed by atoms with van der Waals surface area (Å²) in [5, 5.41) is 6.07. The third-order valence-corrected chi connectivity index (χ3v) is 2.61. The smallest absolute Gasteiger partial charge is 0.251 e. The molecular formula is C15H17N3O. The minimum Gasteiger partial charge on any atom is -0.354 e. The standard InChI is InChI=1S/C15H17N3O/c1-2-8-17-15(19)12-5-3-6-13(10-12)18-14-7-4-9-16-11-14/h3-7,9-11,18H,2,8H2,1H3,(H,17,19). The summed E-state index contributed by atoms with van der Waals surface area (Å²) >= 11 is 0. The molecule has 2 aromatic rings. The molecule has 0 fully saturated rings. The molecule has 1 aromatic heterocycles. The van der Waals surface area contributed by atoms with Crippen LogP contribution in [0.2, 0.25) is 0 Å². The summed E-state index contributed by atoms with van der Waals surface area (Å²) < 4.78 is 0. The molecule has 1 aromatic carbocycles. The molecule has 1 heterocycles. The van der Waals surface area contributed by atoms with Gasteiger partial charge in [0.1, 0.15) is 0 Å². The molecule has 0 aliphatic rings. The third-order valence-electron chi connectivity index (χ3n) is 2.61. The lowest BCUT2D eigenvalue weighted by molar-refractivity contribution is 0.0953. The Hall–Kier alpha value is -2.36. The quantitative estimate of drug-likeness (QED) is 0.863. The molecule has 2 rings (SSSR count). The molecule has 19 heavy (non-hydrogen) atoms. The van der Waals surface area contributed by atoms with Crippen molar-refractivity contribution in [2.24, 2.45) is 0 Å². The van der Waals surface area contributed by atoms with Crippen LogP contribution in [-0.2, 0) is 0 Å². The van der Waals surface area contributed by atoms with E-state index in [0.29, 0.717) is 12.1 Å². The number of nitrogens with one attached hydrogen (secondary N) is 2. The molecule has 4 nitrogen and oxygen atoms in total. The van der Waals surface area contributed by atoms with Crippen molar-refractivity contribution in [3.05, 3.63) is 54.4 Å². The van der Waals surface area contributed by atoms with Gasteiger partial charge >= 0.3 is 0 Å². The van der Waals surface area contributed by atoms with Gasteiger partial charge in [0, 0.05) is 24.0 Å². The van der Waals surface area contributed by atoms with Crippen molar-refractivity contribution in [1.82, 2.24) is 10.3 Å². The van der Waals surface area contributed by atoms with E-state index in [4.69, 9.17) is 0 Å². The molecule has 0 spiro atoms. The maximum atomic E-state index is 11.9. The summed E-state index contributed by atoms with van der Waals surface area (Å²) in [7, 11) is 0. The number of hydrogen-bond donors (Lipinski definition) is 2. The van der Waals surface area contributed by atoms with E-state index in [-0.39, 0.29) is 5.91 Å². The first-order chi connectivity index (χ1) is 9.29. The van der Waals surface area contributed by atoms with E-state index in [9.17, 15) is 4.79 Å². The van der Waals surface area contributed by atoms with Crippen LogP contribution in [0.1, 0.15) is 23.7 Å². The number of carbonyl (C=O) groups is 1. The molecule has 4 heteroatoms. The van der Waals surface area contributed by atoms with Gasteiger partial charge in [0.25, 0.3) is 5.91 Å². The van der Waals surface area contributed by atoms with E-state index in [1.165, 1.54) is 0 Å². The van der Waals surface area contributed by atoms with Crippen LogP contribution in [0.3, 0.4) is 0 Å². The zero-order valence-electron chi connectivity index (χ0n) is 10.9. The van der Waals surface area contributed by atoms with Gasteiger partial charge in [0.05, 0.1) is 11.9 Å². The number of nitrogens with zero attached hydrogens (tertiary/aromatic N) is 1. The van der Waals surface area contributed by atoms with E-state index >= 15 is 0 Å². The van der Waals surface area contributed by atoms with Gasteiger partial charge in [-0.2, -0.15) is 0 Å². The maximum absolute atomic E-state index is 11.9. The lowest BCUT2D eigenvalue weighted by Crippen LogP contribution is -2.23. The summed E-state index contributed by atoms with van der Waals surface area (Å²) in [5.74, 6) is -0.0447. The van der Waals surface area contributed by atoms with Crippen LogP contribution in [0.4, 0.5) is 11.4 Å². The summed E-state index contributed by atoms with van der Waals surface area (Å²) in [6, 6.07) is 11.2. The second-order valence-electron chi connectivity index (χ2n) is 4.20. The highest BCUT2D eigenvalue weighted by Gasteiger charge is 2.05. The minimum absolute atomic E-state index is 0.0447. The van der Waals surface area contributed by atoms with Crippen LogP contribution in [0.25, 0.3) is 0 Å². The van der Waals surface area contributed by atoms with Gasteiger partial charge in [-0.25, -0.2) is 0 Å². The molecule has 1 amide bonds. The number of anilines is 2. The van der Waals surface area contributed by atoms with Crippen LogP contribution in [0.5, 0.6) is 0 Å². The number of amides is 1. The third kappa shape index (κ3) is 3.81. The summed E-state index contributed by atoms with van der Waals surface area (Å²) in [5.41, 5.74) is 2.42. The fourth-order valence-corrected chi connectivity index (χ4v) is 1.68. The highest BCUT2D eigenvalue weighted by atomic mass is 16.1. The van der Waals surface area contributed by atoms with Crippen molar-refractivity contribution in [3.63, 3.8) is 0 Å². The van der Waals surface area contributed by atoms with Crippen LogP contribution < -0.4 is 10.6 Å². The number of hydrogen-bond acceptors (Lipinski definition) is 3. The summed E-state index contributed by atoms with van der Waals surface area (Å²) in [6.45, 7) is 2.72. The van der Waals surface area contributed by atoms with E-state index in [0.717, 1.165) is 17.8 Å². The molecular weight excluding hydrogens is 238 g/mol. The normalized spacial score (nSPS) is 9.95. The Morgan fingerprint density at radius 1 is 1.21 bits per heavy atom. The van der Waals surface area contributed by atoms with Gasteiger partial charge in [-0.05, 0) is 36.8 Å². The average Bonchev–Trinajstić information content (AvgIpc) is 2.46. The van der Waals surface area contributed by atoms with Crippen LogP contribution >= 0.6 is 0 Å². The van der Waals surface area contributed by atoms with Crippen LogP contribution in [0.15, 0.2) is 48.8 Å². The topological polar surface area (TPSA) is 54.0 Å². The molecule has 0 bridgehead atoms. The molecule has 0 aliphatic heterocycles. The van der Waals surface area contributed by atoms with Gasteiger partial charge in [-0.15, -0.1) is 0 Å². The summed E-state index contributed by atoms with van der Waals surface area (Å²) in [4.78, 5) is 15.9. The number of pyridine rings is 1. The Balaban J connectivity index is 2.09. The van der Waals surface area contributed by atoms with E-state index < -0.39 is 0 Å². The van der Waals surface area contributed by atoms with Gasteiger partial charge in [0.2, 0.25) is 0 Å². The second kappa shape index (κ2) is 6.54. The van der Waals surface area contributed by atoms with Gasteiger partial charge < -0.3 is 10.6 Å². The number of benzene rings is 1. The van der Waals surface area contributed by atoms with Crippen molar-refractivity contribution in [2.45, 2.75) is 13.3 Å². The Morgan fingerprint density at radius 3 is 2.79 bits per heavy atom. The molecule has 0 saturated carbocycles. The number of rotatable bonds is 5. The van der Waals surface area contributed by atoms with Crippen molar-refractivity contribution in [2.75, 3.05) is 11.9 Å². The minimum atomic E-state index is -0.0447. The highest BCUT2D eigenvalue weighted by Crippen LogP contribution is 2.16. The first-order valence-corrected chi connectivity index (χ1v) is 6.35. The van der Waals surface area contributed by atoms with E-state index in [2.05, 4.69) is 15.6 Å². The molecule has 0 aliphatic carbocycles. The lowest BCUT2D eigenvalue weighted by Gasteiger charge is -2.08. The van der Waals surface area contributed by atoms with Gasteiger partial charge in [0.15, 0.2) is 0 Å². The SMILES string of the molecule is CCCNC(=O)c1cccc(Nc2cccnc2)c1. The van der Waals surface area contributed by atoms with E-state index in [1.54, 1.807) is 18.5 Å². The first-order valence-electron chi connectivity index (χ1n) is 6.35. The fraction of sp³-hybridized carbons (Fsp3) is 0.200. The largest absolute Gasteiger partial charge is 0.354 e. The highest BCUT2D eigenvalue weighted by molar-refractivity contribution is 5.95.